The summed E-state index contributed by atoms with van der Waals surface area (Å²) < 4.78 is 66.6. The Bertz CT molecular complexity index is 858. The molecule has 1 saturated carbocycles. The molecule has 4 atom stereocenters. The fourth-order valence-electron chi connectivity index (χ4n) is 3.74. The summed E-state index contributed by atoms with van der Waals surface area (Å²) >= 11 is 0. The lowest BCUT2D eigenvalue weighted by molar-refractivity contribution is -0.136. The highest BCUT2D eigenvalue weighted by Crippen LogP contribution is 2.47. The van der Waals surface area contributed by atoms with Crippen molar-refractivity contribution >= 4 is 21.4 Å². The Morgan fingerprint density at radius 1 is 1.28 bits per heavy atom. The van der Waals surface area contributed by atoms with E-state index in [1.165, 1.54) is 0 Å². The van der Waals surface area contributed by atoms with E-state index in [2.05, 4.69) is 9.57 Å². The molecule has 0 unspecified atom stereocenters. The summed E-state index contributed by atoms with van der Waals surface area (Å²) in [6.45, 7) is 6.51. The number of nitrogens with zero attached hydrogens (tertiary/aromatic N) is 1. The number of aliphatic hydroxyl groups is 1. The van der Waals surface area contributed by atoms with Crippen LogP contribution in [0.25, 0.3) is 4.85 Å². The summed E-state index contributed by atoms with van der Waals surface area (Å²) in [6.07, 6.45) is -0.487. The zero-order valence-corrected chi connectivity index (χ0v) is 13.7. The first kappa shape index (κ1) is 17.8. The monoisotopic (exact) mass is 372 g/mol. The third kappa shape index (κ3) is 3.12. The largest absolute Gasteiger partial charge is 0.407 e. The van der Waals surface area contributed by atoms with Gasteiger partial charge in [-0.1, -0.05) is 18.2 Å². The predicted molar refractivity (Wildman–Crippen MR) is 85.3 cm³/mol. The van der Waals surface area contributed by atoms with Crippen molar-refractivity contribution in [2.24, 2.45) is 17.8 Å². The van der Waals surface area contributed by atoms with Crippen LogP contribution in [0.1, 0.15) is 12.0 Å². The number of halogens is 3. The molecule has 5 nitrogen and oxygen atoms in total. The van der Waals surface area contributed by atoms with Crippen LogP contribution in [0.4, 0.5) is 24.5 Å². The Balaban J connectivity index is 1.92. The molecule has 0 aromatic heterocycles. The zero-order chi connectivity index (χ0) is 18.4. The number of benzene rings is 1. The second kappa shape index (κ2) is 6.04. The molecule has 9 heteroatoms. The third-order valence-electron chi connectivity index (χ3n) is 4.80. The van der Waals surface area contributed by atoms with Gasteiger partial charge in [-0.05, 0) is 30.4 Å². The number of aliphatic hydroxyl groups excluding tert-OH is 1. The predicted octanol–water partition coefficient (Wildman–Crippen LogP) is 3.18. The SMILES string of the molecule is [C-]#[N+]c1ccc(NS(=O)(=O)[C@@H]2[C@H](CO)[C@H]3C=C[C@@H]2C3)cc1C(F)(F)F. The number of anilines is 1. The molecule has 0 radical (unpaired) electrons. The summed E-state index contributed by atoms with van der Waals surface area (Å²) in [5.74, 6) is -0.770. The van der Waals surface area contributed by atoms with Crippen LogP contribution in [0.3, 0.4) is 0 Å². The molecule has 2 aliphatic carbocycles. The number of rotatable bonds is 4. The van der Waals surface area contributed by atoms with E-state index in [1.807, 2.05) is 6.08 Å². The molecule has 2 bridgehead atoms. The summed E-state index contributed by atoms with van der Waals surface area (Å²) in [5.41, 5.74) is -2.02. The maximum absolute atomic E-state index is 13.0. The van der Waals surface area contributed by atoms with Crippen LogP contribution in [-0.4, -0.2) is 25.4 Å². The second-order valence-corrected chi connectivity index (χ2v) is 8.09. The standard InChI is InChI=1S/C16H15F3N2O3S/c1-20-14-5-4-11(7-13(14)16(17,18)19)21-25(23,24)15-10-3-2-9(6-10)12(15)8-22/h2-5,7,9-10,12,15,21-22H,6,8H2/t9-,10+,12+,15-/m0/s1. The second-order valence-electron chi connectivity index (χ2n) is 6.25. The molecule has 2 N–H and O–H groups in total. The van der Waals surface area contributed by atoms with Crippen LogP contribution in [-0.2, 0) is 16.2 Å². The van der Waals surface area contributed by atoms with Gasteiger partial charge in [-0.2, -0.15) is 13.2 Å². The van der Waals surface area contributed by atoms with Crippen LogP contribution < -0.4 is 4.72 Å². The van der Waals surface area contributed by atoms with Crippen molar-refractivity contribution in [1.29, 1.82) is 0 Å². The Morgan fingerprint density at radius 3 is 2.56 bits per heavy atom. The molecule has 0 amide bonds. The zero-order valence-electron chi connectivity index (χ0n) is 12.9. The first-order valence-corrected chi connectivity index (χ1v) is 9.11. The molecule has 0 aliphatic heterocycles. The van der Waals surface area contributed by atoms with Crippen molar-refractivity contribution in [3.8, 4) is 0 Å². The van der Waals surface area contributed by atoms with Crippen molar-refractivity contribution in [2.75, 3.05) is 11.3 Å². The molecule has 2 aliphatic rings. The average molecular weight is 372 g/mol. The fraction of sp³-hybridized carbons (Fsp3) is 0.438. The smallest absolute Gasteiger partial charge is 0.396 e. The minimum absolute atomic E-state index is 0.0354. The van der Waals surface area contributed by atoms with E-state index in [4.69, 9.17) is 6.57 Å². The molecule has 25 heavy (non-hydrogen) atoms. The van der Waals surface area contributed by atoms with Gasteiger partial charge in [0.05, 0.1) is 17.4 Å². The van der Waals surface area contributed by atoms with Gasteiger partial charge in [-0.3, -0.25) is 4.72 Å². The highest BCUT2D eigenvalue weighted by atomic mass is 32.2. The Morgan fingerprint density at radius 2 is 1.96 bits per heavy atom. The number of nitrogens with one attached hydrogen (secondary N) is 1. The topological polar surface area (TPSA) is 70.8 Å². The third-order valence-corrected chi connectivity index (χ3v) is 6.73. The normalized spacial score (nSPS) is 28.1. The first-order valence-electron chi connectivity index (χ1n) is 7.57. The maximum atomic E-state index is 13.0. The van der Waals surface area contributed by atoms with E-state index in [0.717, 1.165) is 12.1 Å². The molecular weight excluding hydrogens is 357 g/mol. The average Bonchev–Trinajstić information content (AvgIpc) is 3.14. The van der Waals surface area contributed by atoms with Crippen molar-refractivity contribution < 1.29 is 26.7 Å². The maximum Gasteiger partial charge on any atom is 0.407 e. The van der Waals surface area contributed by atoms with Gasteiger partial charge in [0.2, 0.25) is 10.0 Å². The van der Waals surface area contributed by atoms with Gasteiger partial charge in [0.25, 0.3) is 0 Å². The van der Waals surface area contributed by atoms with Crippen molar-refractivity contribution in [2.45, 2.75) is 17.8 Å². The van der Waals surface area contributed by atoms with E-state index >= 15 is 0 Å². The van der Waals surface area contributed by atoms with Crippen LogP contribution in [0.5, 0.6) is 0 Å². The van der Waals surface area contributed by atoms with Gasteiger partial charge in [0.15, 0.2) is 5.69 Å². The van der Waals surface area contributed by atoms with Gasteiger partial charge in [0.1, 0.15) is 0 Å². The number of allylic oxidation sites excluding steroid dienone is 2. The minimum Gasteiger partial charge on any atom is -0.396 e. The summed E-state index contributed by atoms with van der Waals surface area (Å²) in [7, 11) is -3.99. The quantitative estimate of drug-likeness (QED) is 0.630. The van der Waals surface area contributed by atoms with Gasteiger partial charge in [-0.25, -0.2) is 13.3 Å². The van der Waals surface area contributed by atoms with E-state index in [9.17, 15) is 26.7 Å². The van der Waals surface area contributed by atoms with Gasteiger partial charge < -0.3 is 5.11 Å². The van der Waals surface area contributed by atoms with E-state index in [0.29, 0.717) is 12.5 Å². The van der Waals surface area contributed by atoms with E-state index < -0.39 is 38.6 Å². The molecule has 3 rings (SSSR count). The number of hydrogen-bond donors (Lipinski definition) is 2. The Hall–Kier alpha value is -2.05. The Labute approximate surface area is 143 Å². The van der Waals surface area contributed by atoms with Crippen LogP contribution in [0.2, 0.25) is 0 Å². The molecule has 0 saturated heterocycles. The van der Waals surface area contributed by atoms with Crippen LogP contribution >= 0.6 is 0 Å². The van der Waals surface area contributed by atoms with Gasteiger partial charge in [0, 0.05) is 18.2 Å². The minimum atomic E-state index is -4.76. The lowest BCUT2D eigenvalue weighted by Gasteiger charge is -2.26. The van der Waals surface area contributed by atoms with Crippen molar-refractivity contribution in [3.05, 3.63) is 47.3 Å². The summed E-state index contributed by atoms with van der Waals surface area (Å²) in [4.78, 5) is 2.82. The molecule has 1 fully saturated rings. The first-order chi connectivity index (χ1) is 11.7. The number of hydrogen-bond acceptors (Lipinski definition) is 3. The summed E-state index contributed by atoms with van der Waals surface area (Å²) in [6, 6.07) is 2.71. The van der Waals surface area contributed by atoms with Crippen LogP contribution in [0.15, 0.2) is 30.4 Å². The molecule has 1 aromatic rings. The van der Waals surface area contributed by atoms with Crippen LogP contribution in [0, 0.1) is 24.3 Å². The number of sulfonamides is 1. The van der Waals surface area contributed by atoms with Crippen molar-refractivity contribution in [3.63, 3.8) is 0 Å². The van der Waals surface area contributed by atoms with Gasteiger partial charge >= 0.3 is 6.18 Å². The fourth-order valence-corrected chi connectivity index (χ4v) is 5.74. The highest BCUT2D eigenvalue weighted by molar-refractivity contribution is 7.93. The molecular formula is C16H15F3N2O3S. The van der Waals surface area contributed by atoms with Gasteiger partial charge in [-0.15, -0.1) is 0 Å². The molecule has 0 spiro atoms. The number of fused-ring (bicyclic) bond motifs is 2. The summed E-state index contributed by atoms with van der Waals surface area (Å²) in [5, 5.41) is 8.61. The number of alkyl halides is 3. The molecule has 1 aromatic carbocycles. The lowest BCUT2D eigenvalue weighted by atomic mass is 9.94. The molecule has 0 heterocycles. The van der Waals surface area contributed by atoms with E-state index in [-0.39, 0.29) is 24.1 Å². The van der Waals surface area contributed by atoms with E-state index in [1.54, 1.807) is 6.08 Å². The molecule has 134 valence electrons. The highest BCUT2D eigenvalue weighted by Gasteiger charge is 2.50. The lowest BCUT2D eigenvalue weighted by Crippen LogP contribution is -2.39. The van der Waals surface area contributed by atoms with Crippen molar-refractivity contribution in [1.82, 2.24) is 0 Å². The Kier molecular flexibility index (Phi) is 4.29.